The molecule has 0 aromatic heterocycles. The van der Waals surface area contributed by atoms with Crippen molar-refractivity contribution in [1.29, 1.82) is 0 Å². The number of amides is 2. The van der Waals surface area contributed by atoms with E-state index in [0.717, 1.165) is 5.56 Å². The second-order valence-corrected chi connectivity index (χ2v) is 5.18. The lowest BCUT2D eigenvalue weighted by molar-refractivity contribution is 0.0572. The molecule has 0 bridgehead atoms. The molecule has 2 unspecified atom stereocenters. The third kappa shape index (κ3) is 3.50. The summed E-state index contributed by atoms with van der Waals surface area (Å²) in [6, 6.07) is 5.99. The van der Waals surface area contributed by atoms with Crippen LogP contribution in [0.25, 0.3) is 0 Å². The molecule has 21 heavy (non-hydrogen) atoms. The monoisotopic (exact) mass is 294 g/mol. The van der Waals surface area contributed by atoms with E-state index in [1.807, 2.05) is 0 Å². The van der Waals surface area contributed by atoms with Gasteiger partial charge in [0.2, 0.25) is 0 Å². The van der Waals surface area contributed by atoms with Crippen LogP contribution in [0.15, 0.2) is 24.3 Å². The Kier molecular flexibility index (Phi) is 4.44. The van der Waals surface area contributed by atoms with Crippen LogP contribution in [0.4, 0.5) is 4.79 Å². The number of aliphatic hydroxyl groups excluding tert-OH is 2. The first-order valence-electron chi connectivity index (χ1n) is 6.57. The summed E-state index contributed by atoms with van der Waals surface area (Å²) in [5, 5.41) is 27.7. The molecule has 2 atom stereocenters. The zero-order chi connectivity index (χ0) is 15.6. The number of carboxylic acids is 1. The first-order valence-corrected chi connectivity index (χ1v) is 6.57. The van der Waals surface area contributed by atoms with E-state index >= 15 is 0 Å². The van der Waals surface area contributed by atoms with E-state index in [2.05, 4.69) is 0 Å². The van der Waals surface area contributed by atoms with Gasteiger partial charge < -0.3 is 25.1 Å². The second-order valence-electron chi connectivity index (χ2n) is 5.18. The number of hydrogen-bond donors (Lipinski definition) is 3. The fourth-order valence-electron chi connectivity index (χ4n) is 2.26. The minimum Gasteiger partial charge on any atom is -0.478 e. The van der Waals surface area contributed by atoms with Crippen LogP contribution in [0.2, 0.25) is 0 Å². The number of likely N-dealkylation sites (tertiary alicyclic amines) is 1. The molecular formula is C14H18N2O5. The summed E-state index contributed by atoms with van der Waals surface area (Å²) in [5.41, 5.74) is 0.995. The smallest absolute Gasteiger partial charge is 0.335 e. The molecule has 0 aliphatic carbocycles. The van der Waals surface area contributed by atoms with E-state index in [-0.39, 0.29) is 24.7 Å². The Balaban J connectivity index is 1.96. The Bertz CT molecular complexity index is 521. The molecule has 1 saturated heterocycles. The van der Waals surface area contributed by atoms with Crippen molar-refractivity contribution in [2.45, 2.75) is 18.8 Å². The first-order chi connectivity index (χ1) is 9.88. The highest BCUT2D eigenvalue weighted by atomic mass is 16.4. The number of carboxylic acid groups (broad SMARTS) is 1. The Morgan fingerprint density at radius 1 is 1.19 bits per heavy atom. The molecule has 114 valence electrons. The molecule has 1 aliphatic rings. The minimum absolute atomic E-state index is 0.113. The fraction of sp³-hybridized carbons (Fsp3) is 0.429. The van der Waals surface area contributed by atoms with Gasteiger partial charge in [0, 0.05) is 13.6 Å². The van der Waals surface area contributed by atoms with Crippen LogP contribution in [0.5, 0.6) is 0 Å². The molecule has 1 aliphatic heterocycles. The van der Waals surface area contributed by atoms with Crippen molar-refractivity contribution in [3.63, 3.8) is 0 Å². The average molecular weight is 294 g/mol. The highest BCUT2D eigenvalue weighted by Gasteiger charge is 2.33. The number of carbonyl (C=O) groups excluding carboxylic acids is 1. The van der Waals surface area contributed by atoms with E-state index in [4.69, 9.17) is 5.11 Å². The van der Waals surface area contributed by atoms with Gasteiger partial charge in [-0.1, -0.05) is 12.1 Å². The van der Waals surface area contributed by atoms with Crippen molar-refractivity contribution in [1.82, 2.24) is 9.80 Å². The molecule has 1 fully saturated rings. The topological polar surface area (TPSA) is 101 Å². The van der Waals surface area contributed by atoms with E-state index in [1.165, 1.54) is 21.9 Å². The van der Waals surface area contributed by atoms with Gasteiger partial charge in [-0.3, -0.25) is 0 Å². The lowest BCUT2D eigenvalue weighted by Crippen LogP contribution is -2.40. The summed E-state index contributed by atoms with van der Waals surface area (Å²) < 4.78 is 0. The fourth-order valence-corrected chi connectivity index (χ4v) is 2.26. The third-order valence-electron chi connectivity index (χ3n) is 3.48. The first kappa shape index (κ1) is 15.3. The number of urea groups is 1. The van der Waals surface area contributed by atoms with Crippen molar-refractivity contribution < 1.29 is 24.9 Å². The van der Waals surface area contributed by atoms with Crippen LogP contribution in [0.1, 0.15) is 15.9 Å². The number of benzene rings is 1. The van der Waals surface area contributed by atoms with Crippen molar-refractivity contribution >= 4 is 12.0 Å². The standard InChI is InChI=1S/C14H18N2O5/c1-15(14(21)16-7-11(17)12(18)8-16)6-9-2-4-10(5-3-9)13(19)20/h2-5,11-12,17-18H,6-8H2,1H3,(H,19,20). The van der Waals surface area contributed by atoms with E-state index in [9.17, 15) is 19.8 Å². The molecule has 1 heterocycles. The minimum atomic E-state index is -0.994. The number of aliphatic hydroxyl groups is 2. The maximum absolute atomic E-state index is 12.2. The van der Waals surface area contributed by atoms with Gasteiger partial charge in [-0.05, 0) is 17.7 Å². The number of carbonyl (C=O) groups is 2. The lowest BCUT2D eigenvalue weighted by Gasteiger charge is -2.24. The summed E-state index contributed by atoms with van der Waals surface area (Å²) in [5.74, 6) is -0.994. The van der Waals surface area contributed by atoms with Crippen LogP contribution >= 0.6 is 0 Å². The Morgan fingerprint density at radius 2 is 1.71 bits per heavy atom. The van der Waals surface area contributed by atoms with Gasteiger partial charge in [0.05, 0.1) is 30.9 Å². The predicted octanol–water partition coefficient (Wildman–Crippen LogP) is -0.0260. The van der Waals surface area contributed by atoms with Gasteiger partial charge in [0.15, 0.2) is 0 Å². The van der Waals surface area contributed by atoms with Gasteiger partial charge in [0.1, 0.15) is 0 Å². The normalized spacial score (nSPS) is 21.4. The Hall–Kier alpha value is -2.12. The molecule has 1 aromatic carbocycles. The molecule has 2 rings (SSSR count). The van der Waals surface area contributed by atoms with Gasteiger partial charge in [-0.2, -0.15) is 0 Å². The zero-order valence-corrected chi connectivity index (χ0v) is 11.6. The van der Waals surface area contributed by atoms with Crippen LogP contribution in [-0.4, -0.2) is 69.5 Å². The van der Waals surface area contributed by atoms with Crippen molar-refractivity contribution in [3.05, 3.63) is 35.4 Å². The maximum atomic E-state index is 12.2. The van der Waals surface area contributed by atoms with Gasteiger partial charge in [-0.25, -0.2) is 9.59 Å². The maximum Gasteiger partial charge on any atom is 0.335 e. The molecule has 7 nitrogen and oxygen atoms in total. The Labute approximate surface area is 122 Å². The van der Waals surface area contributed by atoms with Gasteiger partial charge >= 0.3 is 12.0 Å². The highest BCUT2D eigenvalue weighted by molar-refractivity contribution is 5.87. The zero-order valence-electron chi connectivity index (χ0n) is 11.6. The molecule has 0 radical (unpaired) electrons. The summed E-state index contributed by atoms with van der Waals surface area (Å²) in [7, 11) is 1.62. The van der Waals surface area contributed by atoms with Gasteiger partial charge in [0.25, 0.3) is 0 Å². The van der Waals surface area contributed by atoms with Crippen molar-refractivity contribution in [2.24, 2.45) is 0 Å². The van der Waals surface area contributed by atoms with E-state index in [0.29, 0.717) is 6.54 Å². The van der Waals surface area contributed by atoms with Crippen LogP contribution in [0, 0.1) is 0 Å². The lowest BCUT2D eigenvalue weighted by atomic mass is 10.1. The Morgan fingerprint density at radius 3 is 2.19 bits per heavy atom. The van der Waals surface area contributed by atoms with E-state index < -0.39 is 18.2 Å². The average Bonchev–Trinajstić information content (AvgIpc) is 2.78. The number of aromatic carboxylic acids is 1. The highest BCUT2D eigenvalue weighted by Crippen LogP contribution is 2.14. The number of hydrogen-bond acceptors (Lipinski definition) is 4. The molecular weight excluding hydrogens is 276 g/mol. The van der Waals surface area contributed by atoms with Gasteiger partial charge in [-0.15, -0.1) is 0 Å². The number of nitrogens with zero attached hydrogens (tertiary/aromatic N) is 2. The van der Waals surface area contributed by atoms with Crippen LogP contribution in [0.3, 0.4) is 0 Å². The van der Waals surface area contributed by atoms with Crippen molar-refractivity contribution in [3.8, 4) is 0 Å². The molecule has 0 spiro atoms. The predicted molar refractivity (Wildman–Crippen MR) is 73.9 cm³/mol. The molecule has 7 heteroatoms. The quantitative estimate of drug-likeness (QED) is 0.727. The largest absolute Gasteiger partial charge is 0.478 e. The van der Waals surface area contributed by atoms with Crippen LogP contribution < -0.4 is 0 Å². The summed E-state index contributed by atoms with van der Waals surface area (Å²) in [6.45, 7) is 0.548. The summed E-state index contributed by atoms with van der Waals surface area (Å²) in [6.07, 6.45) is -1.81. The molecule has 3 N–H and O–H groups in total. The molecule has 1 aromatic rings. The second kappa shape index (κ2) is 6.11. The summed E-state index contributed by atoms with van der Waals surface area (Å²) in [4.78, 5) is 25.8. The molecule has 2 amide bonds. The molecule has 0 saturated carbocycles. The van der Waals surface area contributed by atoms with Crippen LogP contribution in [-0.2, 0) is 6.54 Å². The van der Waals surface area contributed by atoms with E-state index in [1.54, 1.807) is 19.2 Å². The third-order valence-corrected chi connectivity index (χ3v) is 3.48. The SMILES string of the molecule is CN(Cc1ccc(C(=O)O)cc1)C(=O)N1CC(O)C(O)C1. The number of rotatable bonds is 3. The summed E-state index contributed by atoms with van der Waals surface area (Å²) >= 11 is 0. The number of β-amino-alcohol motifs (C(OH)–C–C–N with tert-alkyl or cyclic N) is 2. The van der Waals surface area contributed by atoms with Crippen molar-refractivity contribution in [2.75, 3.05) is 20.1 Å².